The molecule has 3 nitrogen and oxygen atoms in total. The fourth-order valence-corrected chi connectivity index (χ4v) is 2.56. The third kappa shape index (κ3) is 1.96. The van der Waals surface area contributed by atoms with Gasteiger partial charge in [0.1, 0.15) is 0 Å². The van der Waals surface area contributed by atoms with Crippen LogP contribution < -0.4 is 5.56 Å². The van der Waals surface area contributed by atoms with Gasteiger partial charge in [-0.2, -0.15) is 0 Å². The molecule has 0 aliphatic heterocycles. The molecule has 0 unspecified atom stereocenters. The number of rotatable bonds is 2. The number of aromatic nitrogens is 1. The Morgan fingerprint density at radius 2 is 2.27 bits per heavy atom. The molecule has 0 saturated carbocycles. The molecule has 1 heterocycles. The van der Waals surface area contributed by atoms with E-state index in [1.54, 1.807) is 18.2 Å². The van der Waals surface area contributed by atoms with Crippen molar-refractivity contribution >= 4 is 39.0 Å². The van der Waals surface area contributed by atoms with Crippen LogP contribution in [0.1, 0.15) is 6.92 Å². The van der Waals surface area contributed by atoms with Crippen LogP contribution in [0.5, 0.6) is 0 Å². The first-order chi connectivity index (χ1) is 7.08. The molecule has 2 rings (SSSR count). The van der Waals surface area contributed by atoms with E-state index in [0.717, 1.165) is 4.70 Å². The second-order valence-corrected chi connectivity index (χ2v) is 4.78. The summed E-state index contributed by atoms with van der Waals surface area (Å²) in [5.41, 5.74) is -0.146. The zero-order chi connectivity index (χ0) is 11.0. The summed E-state index contributed by atoms with van der Waals surface area (Å²) in [4.78, 5) is 22.7. The number of carbonyl (C=O) groups excluding carboxylic acids is 1. The highest BCUT2D eigenvalue weighted by Crippen LogP contribution is 2.20. The number of benzene rings is 1. The van der Waals surface area contributed by atoms with Crippen LogP contribution in [0.15, 0.2) is 23.0 Å². The van der Waals surface area contributed by atoms with Crippen molar-refractivity contribution in [3.05, 3.63) is 33.6 Å². The van der Waals surface area contributed by atoms with E-state index in [2.05, 4.69) is 0 Å². The third-order valence-electron chi connectivity index (χ3n) is 1.97. The zero-order valence-electron chi connectivity index (χ0n) is 7.99. The molecular weight excluding hydrogens is 234 g/mol. The Kier molecular flexibility index (Phi) is 2.63. The molecule has 15 heavy (non-hydrogen) atoms. The lowest BCUT2D eigenvalue weighted by Gasteiger charge is -1.92. The van der Waals surface area contributed by atoms with Crippen molar-refractivity contribution in [3.8, 4) is 0 Å². The van der Waals surface area contributed by atoms with E-state index in [4.69, 9.17) is 11.6 Å². The molecule has 0 atom stereocenters. The molecule has 0 fully saturated rings. The van der Waals surface area contributed by atoms with Gasteiger partial charge in [0.25, 0.3) is 5.56 Å². The van der Waals surface area contributed by atoms with E-state index in [-0.39, 0.29) is 17.9 Å². The normalized spacial score (nSPS) is 10.8. The standard InChI is InChI=1S/C10H8ClNO2S/c1-6(13)5-12-10(14)8-4-7(11)2-3-9(8)15-12/h2-4H,5H2,1H3. The van der Waals surface area contributed by atoms with Crippen molar-refractivity contribution in [1.29, 1.82) is 0 Å². The van der Waals surface area contributed by atoms with Crippen LogP contribution in [0, 0.1) is 0 Å². The van der Waals surface area contributed by atoms with E-state index >= 15 is 0 Å². The topological polar surface area (TPSA) is 39.1 Å². The van der Waals surface area contributed by atoms with Gasteiger partial charge in [0.05, 0.1) is 16.6 Å². The van der Waals surface area contributed by atoms with E-state index in [0.29, 0.717) is 10.4 Å². The minimum Gasteiger partial charge on any atom is -0.298 e. The number of hydrogen-bond acceptors (Lipinski definition) is 3. The van der Waals surface area contributed by atoms with Crippen LogP contribution in [-0.2, 0) is 11.3 Å². The molecule has 1 aromatic heterocycles. The molecule has 78 valence electrons. The number of ketones is 1. The predicted octanol–water partition coefficient (Wildman–Crippen LogP) is 2.31. The molecule has 5 heteroatoms. The molecule has 0 aliphatic carbocycles. The maximum absolute atomic E-state index is 11.8. The van der Waals surface area contributed by atoms with Crippen LogP contribution in [0.2, 0.25) is 5.02 Å². The maximum atomic E-state index is 11.8. The lowest BCUT2D eigenvalue weighted by molar-refractivity contribution is -0.117. The fraction of sp³-hybridized carbons (Fsp3) is 0.200. The number of hydrogen-bond donors (Lipinski definition) is 0. The highest BCUT2D eigenvalue weighted by Gasteiger charge is 2.08. The van der Waals surface area contributed by atoms with Gasteiger partial charge in [-0.15, -0.1) is 0 Å². The highest BCUT2D eigenvalue weighted by atomic mass is 35.5. The van der Waals surface area contributed by atoms with Crippen LogP contribution in [0.25, 0.3) is 10.1 Å². The molecule has 0 N–H and O–H groups in total. The summed E-state index contributed by atoms with van der Waals surface area (Å²) in [6.07, 6.45) is 0. The van der Waals surface area contributed by atoms with Crippen molar-refractivity contribution in [1.82, 2.24) is 3.96 Å². The third-order valence-corrected chi connectivity index (χ3v) is 3.28. The first-order valence-electron chi connectivity index (χ1n) is 4.37. The van der Waals surface area contributed by atoms with Gasteiger partial charge in [0, 0.05) is 5.02 Å². The maximum Gasteiger partial charge on any atom is 0.268 e. The van der Waals surface area contributed by atoms with Gasteiger partial charge in [-0.05, 0) is 25.1 Å². The summed E-state index contributed by atoms with van der Waals surface area (Å²) in [6, 6.07) is 5.16. The van der Waals surface area contributed by atoms with Crippen LogP contribution in [0.4, 0.5) is 0 Å². The van der Waals surface area contributed by atoms with Crippen LogP contribution in [0.3, 0.4) is 0 Å². The van der Waals surface area contributed by atoms with Gasteiger partial charge >= 0.3 is 0 Å². The quantitative estimate of drug-likeness (QED) is 0.809. The Morgan fingerprint density at radius 3 is 2.93 bits per heavy atom. The zero-order valence-corrected chi connectivity index (χ0v) is 9.56. The average molecular weight is 242 g/mol. The number of fused-ring (bicyclic) bond motifs is 1. The summed E-state index contributed by atoms with van der Waals surface area (Å²) in [5.74, 6) is -0.0326. The average Bonchev–Trinajstić information content (AvgIpc) is 2.44. The van der Waals surface area contributed by atoms with Gasteiger partial charge in [-0.3, -0.25) is 13.5 Å². The van der Waals surface area contributed by atoms with E-state index in [1.165, 1.54) is 22.4 Å². The van der Waals surface area contributed by atoms with E-state index in [9.17, 15) is 9.59 Å². The molecule has 0 spiro atoms. The smallest absolute Gasteiger partial charge is 0.268 e. The number of halogens is 1. The number of nitrogens with zero attached hydrogens (tertiary/aromatic N) is 1. The Labute approximate surface area is 95.0 Å². The Morgan fingerprint density at radius 1 is 1.53 bits per heavy atom. The molecule has 0 aliphatic rings. The highest BCUT2D eigenvalue weighted by molar-refractivity contribution is 7.13. The summed E-state index contributed by atoms with van der Waals surface area (Å²) in [6.45, 7) is 1.60. The van der Waals surface area contributed by atoms with Crippen molar-refractivity contribution < 1.29 is 4.79 Å². The minimum atomic E-state index is -0.146. The molecule has 2 aromatic rings. The van der Waals surface area contributed by atoms with Gasteiger partial charge in [-0.1, -0.05) is 23.1 Å². The number of carbonyl (C=O) groups is 1. The minimum absolute atomic E-state index is 0.0326. The Hall–Kier alpha value is -1.13. The predicted molar refractivity (Wildman–Crippen MR) is 61.8 cm³/mol. The molecule has 0 bridgehead atoms. The first-order valence-corrected chi connectivity index (χ1v) is 5.52. The Balaban J connectivity index is 2.65. The molecule has 0 amide bonds. The molecule has 1 aromatic carbocycles. The lowest BCUT2D eigenvalue weighted by Crippen LogP contribution is -2.16. The van der Waals surface area contributed by atoms with Gasteiger partial charge in [-0.25, -0.2) is 0 Å². The van der Waals surface area contributed by atoms with Crippen molar-refractivity contribution in [2.75, 3.05) is 0 Å². The SMILES string of the molecule is CC(=O)Cn1sc2ccc(Cl)cc2c1=O. The second-order valence-electron chi connectivity index (χ2n) is 3.28. The summed E-state index contributed by atoms with van der Waals surface area (Å²) in [5, 5.41) is 1.11. The second kappa shape index (κ2) is 3.79. The Bertz CT molecular complexity index is 585. The van der Waals surface area contributed by atoms with E-state index < -0.39 is 0 Å². The monoisotopic (exact) mass is 241 g/mol. The first kappa shape index (κ1) is 10.4. The molecule has 0 radical (unpaired) electrons. The summed E-state index contributed by atoms with van der Waals surface area (Å²) in [7, 11) is 0. The van der Waals surface area contributed by atoms with Crippen molar-refractivity contribution in [2.24, 2.45) is 0 Å². The lowest BCUT2D eigenvalue weighted by atomic mass is 10.3. The number of Topliss-reactive ketones (excluding diaryl/α,β-unsaturated/α-hetero) is 1. The van der Waals surface area contributed by atoms with Gasteiger partial charge in [0.15, 0.2) is 5.78 Å². The molecular formula is C10H8ClNO2S. The van der Waals surface area contributed by atoms with Crippen LogP contribution in [-0.4, -0.2) is 9.74 Å². The largest absolute Gasteiger partial charge is 0.298 e. The van der Waals surface area contributed by atoms with Crippen LogP contribution >= 0.6 is 23.1 Å². The molecule has 0 saturated heterocycles. The fourth-order valence-electron chi connectivity index (χ4n) is 1.35. The summed E-state index contributed by atoms with van der Waals surface area (Å²) >= 11 is 7.08. The van der Waals surface area contributed by atoms with Gasteiger partial charge < -0.3 is 0 Å². The van der Waals surface area contributed by atoms with E-state index in [1.807, 2.05) is 0 Å². The van der Waals surface area contributed by atoms with Gasteiger partial charge in [0.2, 0.25) is 0 Å². The van der Waals surface area contributed by atoms with Crippen molar-refractivity contribution in [2.45, 2.75) is 13.5 Å². The van der Waals surface area contributed by atoms with Crippen molar-refractivity contribution in [3.63, 3.8) is 0 Å². The summed E-state index contributed by atoms with van der Waals surface area (Å²) < 4.78 is 2.30.